The van der Waals surface area contributed by atoms with Crippen molar-refractivity contribution < 1.29 is 23.8 Å². The molecular weight excluding hydrogens is 238 g/mol. The number of methoxy groups -OCH3 is 1. The van der Waals surface area contributed by atoms with E-state index >= 15 is 0 Å². The van der Waals surface area contributed by atoms with Crippen molar-refractivity contribution in [3.63, 3.8) is 0 Å². The first-order valence-electron chi connectivity index (χ1n) is 6.01. The van der Waals surface area contributed by atoms with Crippen molar-refractivity contribution in [3.05, 3.63) is 0 Å². The van der Waals surface area contributed by atoms with Crippen molar-refractivity contribution in [2.75, 3.05) is 26.8 Å². The summed E-state index contributed by atoms with van der Waals surface area (Å²) in [5, 5.41) is 0. The Hall–Kier alpha value is -1.30. The van der Waals surface area contributed by atoms with Crippen LogP contribution in [0.2, 0.25) is 0 Å². The lowest BCUT2D eigenvalue weighted by Crippen LogP contribution is -2.43. The molecule has 1 atom stereocenters. The molecule has 104 valence electrons. The van der Waals surface area contributed by atoms with E-state index in [0.29, 0.717) is 19.6 Å². The summed E-state index contributed by atoms with van der Waals surface area (Å²) in [6.07, 6.45) is -0.487. The first kappa shape index (κ1) is 14.8. The molecule has 0 unspecified atom stereocenters. The molecular formula is C12H21NO5. The largest absolute Gasteiger partial charge is 0.467 e. The van der Waals surface area contributed by atoms with E-state index in [0.717, 1.165) is 0 Å². The molecule has 1 saturated heterocycles. The normalized spacial score (nSPS) is 21.1. The molecule has 18 heavy (non-hydrogen) atoms. The van der Waals surface area contributed by atoms with Crippen molar-refractivity contribution in [1.82, 2.24) is 4.90 Å². The van der Waals surface area contributed by atoms with Gasteiger partial charge in [-0.1, -0.05) is 0 Å². The Bertz CT molecular complexity index is 310. The highest BCUT2D eigenvalue weighted by molar-refractivity contribution is 5.76. The number of esters is 1. The molecule has 0 radical (unpaired) electrons. The lowest BCUT2D eigenvalue weighted by molar-refractivity contribution is -0.153. The standard InChI is InChI=1S/C12H21NO5/c1-12(2,3)18-11(15)13-6-5-7-17-9(8-13)10(14)16-4/h9H,5-8H2,1-4H3/t9-/m0/s1. The second kappa shape index (κ2) is 6.04. The SMILES string of the molecule is COC(=O)[C@@H]1CN(C(=O)OC(C)(C)C)CCCO1. The summed E-state index contributed by atoms with van der Waals surface area (Å²) < 4.78 is 15.2. The molecule has 1 amide bonds. The van der Waals surface area contributed by atoms with Crippen LogP contribution in [0.25, 0.3) is 0 Å². The number of carbonyl (C=O) groups excluding carboxylic acids is 2. The van der Waals surface area contributed by atoms with Crippen molar-refractivity contribution >= 4 is 12.1 Å². The molecule has 0 aromatic rings. The molecule has 0 bridgehead atoms. The van der Waals surface area contributed by atoms with Gasteiger partial charge in [-0.05, 0) is 27.2 Å². The van der Waals surface area contributed by atoms with Crippen molar-refractivity contribution in [2.24, 2.45) is 0 Å². The quantitative estimate of drug-likeness (QED) is 0.662. The monoisotopic (exact) mass is 259 g/mol. The molecule has 0 aromatic heterocycles. The van der Waals surface area contributed by atoms with Crippen molar-refractivity contribution in [1.29, 1.82) is 0 Å². The van der Waals surface area contributed by atoms with Crippen LogP contribution >= 0.6 is 0 Å². The molecule has 0 saturated carbocycles. The van der Waals surface area contributed by atoms with E-state index in [-0.39, 0.29) is 6.54 Å². The Kier molecular flexibility index (Phi) is 4.95. The Morgan fingerprint density at radius 1 is 1.33 bits per heavy atom. The van der Waals surface area contributed by atoms with Crippen LogP contribution in [0.4, 0.5) is 4.79 Å². The molecule has 0 spiro atoms. The highest BCUT2D eigenvalue weighted by atomic mass is 16.6. The third-order valence-electron chi connectivity index (χ3n) is 2.39. The first-order chi connectivity index (χ1) is 8.33. The van der Waals surface area contributed by atoms with E-state index in [2.05, 4.69) is 4.74 Å². The third kappa shape index (κ3) is 4.52. The lowest BCUT2D eigenvalue weighted by Gasteiger charge is -2.27. The third-order valence-corrected chi connectivity index (χ3v) is 2.39. The molecule has 6 nitrogen and oxygen atoms in total. The van der Waals surface area contributed by atoms with Crippen LogP contribution in [-0.4, -0.2) is 55.5 Å². The minimum Gasteiger partial charge on any atom is -0.467 e. The van der Waals surface area contributed by atoms with Gasteiger partial charge in [0.2, 0.25) is 0 Å². The molecule has 6 heteroatoms. The van der Waals surface area contributed by atoms with Gasteiger partial charge in [-0.15, -0.1) is 0 Å². The van der Waals surface area contributed by atoms with E-state index in [4.69, 9.17) is 9.47 Å². The van der Waals surface area contributed by atoms with Crippen LogP contribution < -0.4 is 0 Å². The molecule has 0 aliphatic carbocycles. The van der Waals surface area contributed by atoms with E-state index in [1.807, 2.05) is 0 Å². The van der Waals surface area contributed by atoms with Gasteiger partial charge < -0.3 is 19.1 Å². The minimum atomic E-state index is -0.731. The number of hydrogen-bond acceptors (Lipinski definition) is 5. The molecule has 1 aliphatic rings. The van der Waals surface area contributed by atoms with Gasteiger partial charge in [0, 0.05) is 13.2 Å². The number of nitrogens with zero attached hydrogens (tertiary/aromatic N) is 1. The summed E-state index contributed by atoms with van der Waals surface area (Å²) in [5.74, 6) is -0.467. The second-order valence-corrected chi connectivity index (χ2v) is 5.16. The topological polar surface area (TPSA) is 65.1 Å². The van der Waals surface area contributed by atoms with Crippen LogP contribution in [0.3, 0.4) is 0 Å². The van der Waals surface area contributed by atoms with Crippen LogP contribution in [0.15, 0.2) is 0 Å². The zero-order valence-electron chi connectivity index (χ0n) is 11.4. The fraction of sp³-hybridized carbons (Fsp3) is 0.833. The van der Waals surface area contributed by atoms with Gasteiger partial charge in [0.25, 0.3) is 0 Å². The summed E-state index contributed by atoms with van der Waals surface area (Å²) in [4.78, 5) is 24.9. The number of rotatable bonds is 1. The maximum absolute atomic E-state index is 11.9. The predicted molar refractivity (Wildman–Crippen MR) is 64.2 cm³/mol. The molecule has 1 fully saturated rings. The van der Waals surface area contributed by atoms with Crippen molar-refractivity contribution in [2.45, 2.75) is 38.9 Å². The van der Waals surface area contributed by atoms with Crippen LogP contribution in [0.1, 0.15) is 27.2 Å². The van der Waals surface area contributed by atoms with Gasteiger partial charge in [-0.25, -0.2) is 9.59 Å². The van der Waals surface area contributed by atoms with E-state index in [9.17, 15) is 9.59 Å². The summed E-state index contributed by atoms with van der Waals surface area (Å²) in [5.41, 5.74) is -0.551. The van der Waals surface area contributed by atoms with E-state index in [1.165, 1.54) is 12.0 Å². The lowest BCUT2D eigenvalue weighted by atomic mass is 10.2. The Labute approximate surface area is 107 Å². The average Bonchev–Trinajstić information content (AvgIpc) is 2.51. The zero-order chi connectivity index (χ0) is 13.8. The van der Waals surface area contributed by atoms with E-state index in [1.54, 1.807) is 20.8 Å². The summed E-state index contributed by atoms with van der Waals surface area (Å²) in [6.45, 7) is 6.52. The smallest absolute Gasteiger partial charge is 0.410 e. The van der Waals surface area contributed by atoms with Gasteiger partial charge in [0.1, 0.15) is 5.60 Å². The fourth-order valence-electron chi connectivity index (χ4n) is 1.59. The Morgan fingerprint density at radius 3 is 2.56 bits per heavy atom. The summed E-state index contributed by atoms with van der Waals surface area (Å²) >= 11 is 0. The van der Waals surface area contributed by atoms with Gasteiger partial charge in [0.05, 0.1) is 13.7 Å². The number of ether oxygens (including phenoxy) is 3. The second-order valence-electron chi connectivity index (χ2n) is 5.16. The molecule has 0 aromatic carbocycles. The van der Waals surface area contributed by atoms with Gasteiger partial charge in [0.15, 0.2) is 6.10 Å². The molecule has 1 rings (SSSR count). The number of carbonyl (C=O) groups is 2. The van der Waals surface area contributed by atoms with Crippen LogP contribution in [0, 0.1) is 0 Å². The zero-order valence-corrected chi connectivity index (χ0v) is 11.4. The highest BCUT2D eigenvalue weighted by Crippen LogP contribution is 2.13. The molecule has 0 N–H and O–H groups in total. The molecule has 1 heterocycles. The fourth-order valence-corrected chi connectivity index (χ4v) is 1.59. The first-order valence-corrected chi connectivity index (χ1v) is 6.01. The van der Waals surface area contributed by atoms with E-state index < -0.39 is 23.8 Å². The minimum absolute atomic E-state index is 0.168. The summed E-state index contributed by atoms with van der Waals surface area (Å²) in [7, 11) is 1.30. The Balaban J connectivity index is 2.64. The van der Waals surface area contributed by atoms with Gasteiger partial charge >= 0.3 is 12.1 Å². The highest BCUT2D eigenvalue weighted by Gasteiger charge is 2.30. The average molecular weight is 259 g/mol. The number of hydrogen-bond donors (Lipinski definition) is 0. The van der Waals surface area contributed by atoms with Gasteiger partial charge in [-0.3, -0.25) is 0 Å². The predicted octanol–water partition coefficient (Wildman–Crippen LogP) is 1.19. The van der Waals surface area contributed by atoms with Crippen molar-refractivity contribution in [3.8, 4) is 0 Å². The van der Waals surface area contributed by atoms with Crippen LogP contribution in [0.5, 0.6) is 0 Å². The Morgan fingerprint density at radius 2 is 2.00 bits per heavy atom. The maximum Gasteiger partial charge on any atom is 0.410 e. The number of amides is 1. The maximum atomic E-state index is 11.9. The van der Waals surface area contributed by atoms with Gasteiger partial charge in [-0.2, -0.15) is 0 Å². The van der Waals surface area contributed by atoms with Crippen LogP contribution in [-0.2, 0) is 19.0 Å². The molecule has 1 aliphatic heterocycles. The summed E-state index contributed by atoms with van der Waals surface area (Å²) in [6, 6.07) is 0.